The molecule has 7 heteroatoms. The first kappa shape index (κ1) is 12.5. The van der Waals surface area contributed by atoms with Crippen LogP contribution in [0.1, 0.15) is 12.8 Å². The van der Waals surface area contributed by atoms with E-state index in [2.05, 4.69) is 31.2 Å². The Balaban J connectivity index is 2.20. The van der Waals surface area contributed by atoms with Gasteiger partial charge in [-0.3, -0.25) is 0 Å². The molecular weight excluding hydrogens is 288 g/mol. The smallest absolute Gasteiger partial charge is 0.221 e. The number of nitrogen functional groups attached to an aromatic ring is 1. The number of aromatic nitrogens is 2. The van der Waals surface area contributed by atoms with Gasteiger partial charge in [-0.1, -0.05) is 0 Å². The largest absolute Gasteiger partial charge is 0.394 e. The Morgan fingerprint density at radius 1 is 1.53 bits per heavy atom. The monoisotopic (exact) mass is 302 g/mol. The van der Waals surface area contributed by atoms with Crippen molar-refractivity contribution in [3.05, 3.63) is 10.7 Å². The Bertz CT molecular complexity index is 396. The van der Waals surface area contributed by atoms with Gasteiger partial charge in [0, 0.05) is 19.4 Å². The van der Waals surface area contributed by atoms with E-state index in [0.29, 0.717) is 19.0 Å². The van der Waals surface area contributed by atoms with Crippen molar-refractivity contribution in [2.45, 2.75) is 18.4 Å². The lowest BCUT2D eigenvalue weighted by molar-refractivity contribution is 0.0378. The van der Waals surface area contributed by atoms with Gasteiger partial charge in [-0.25, -0.2) is 4.98 Å². The van der Waals surface area contributed by atoms with Gasteiger partial charge in [-0.2, -0.15) is 4.98 Å². The van der Waals surface area contributed by atoms with Gasteiger partial charge in [0.05, 0.1) is 16.6 Å². The number of hydrogen-bond acceptors (Lipinski definition) is 6. The summed E-state index contributed by atoms with van der Waals surface area (Å²) in [5.41, 5.74) is 5.16. The van der Waals surface area contributed by atoms with Crippen LogP contribution in [-0.4, -0.2) is 40.4 Å². The molecule has 1 aliphatic heterocycles. The summed E-state index contributed by atoms with van der Waals surface area (Å²) in [5, 5.41) is 12.8. The van der Waals surface area contributed by atoms with E-state index >= 15 is 0 Å². The van der Waals surface area contributed by atoms with Gasteiger partial charge in [0.15, 0.2) is 0 Å². The Morgan fingerprint density at radius 3 is 2.88 bits per heavy atom. The van der Waals surface area contributed by atoms with Crippen molar-refractivity contribution in [3.63, 3.8) is 0 Å². The Hall–Kier alpha value is -0.920. The molecule has 1 saturated heterocycles. The van der Waals surface area contributed by atoms with Crippen molar-refractivity contribution in [2.24, 2.45) is 0 Å². The van der Waals surface area contributed by atoms with Crippen LogP contribution in [0.5, 0.6) is 0 Å². The van der Waals surface area contributed by atoms with Gasteiger partial charge in [0.1, 0.15) is 5.82 Å². The molecule has 0 unspecified atom stereocenters. The van der Waals surface area contributed by atoms with Crippen molar-refractivity contribution in [1.82, 2.24) is 9.97 Å². The minimum absolute atomic E-state index is 0.0344. The first-order valence-corrected chi connectivity index (χ1v) is 6.19. The molecule has 1 fully saturated rings. The summed E-state index contributed by atoms with van der Waals surface area (Å²) in [4.78, 5) is 7.99. The van der Waals surface area contributed by atoms with E-state index in [1.165, 1.54) is 0 Å². The lowest BCUT2D eigenvalue weighted by Gasteiger charge is -2.36. The fourth-order valence-electron chi connectivity index (χ4n) is 1.80. The molecule has 0 radical (unpaired) electrons. The number of anilines is 2. The summed E-state index contributed by atoms with van der Waals surface area (Å²) in [5.74, 6) is 0.810. The molecule has 0 aromatic carbocycles. The van der Waals surface area contributed by atoms with E-state index < -0.39 is 0 Å². The van der Waals surface area contributed by atoms with Crippen LogP contribution in [-0.2, 0) is 4.74 Å². The molecule has 0 saturated carbocycles. The number of nitrogens with one attached hydrogen (secondary N) is 1. The fraction of sp³-hybridized carbons (Fsp3) is 0.600. The number of nitrogens with zero attached hydrogens (tertiary/aromatic N) is 2. The van der Waals surface area contributed by atoms with Crippen LogP contribution in [0.2, 0.25) is 0 Å². The normalized spacial score (nSPS) is 18.9. The highest BCUT2D eigenvalue weighted by Gasteiger charge is 2.32. The fourth-order valence-corrected chi connectivity index (χ4v) is 2.09. The summed E-state index contributed by atoms with van der Waals surface area (Å²) >= 11 is 3.35. The molecule has 2 rings (SSSR count). The number of aliphatic hydroxyl groups excluding tert-OH is 1. The summed E-state index contributed by atoms with van der Waals surface area (Å²) in [6.07, 6.45) is 3.06. The summed E-state index contributed by atoms with van der Waals surface area (Å²) < 4.78 is 6.03. The quantitative estimate of drug-likeness (QED) is 0.764. The zero-order valence-electron chi connectivity index (χ0n) is 9.32. The third kappa shape index (κ3) is 2.85. The number of hydrogen-bond donors (Lipinski definition) is 3. The van der Waals surface area contributed by atoms with Crippen LogP contribution < -0.4 is 11.1 Å². The molecule has 6 nitrogen and oxygen atoms in total. The van der Waals surface area contributed by atoms with E-state index in [9.17, 15) is 5.11 Å². The lowest BCUT2D eigenvalue weighted by atomic mass is 9.91. The molecule has 1 aliphatic rings. The highest BCUT2D eigenvalue weighted by molar-refractivity contribution is 9.10. The van der Waals surface area contributed by atoms with Gasteiger partial charge in [-0.05, 0) is 28.8 Å². The highest BCUT2D eigenvalue weighted by Crippen LogP contribution is 2.28. The predicted molar refractivity (Wildman–Crippen MR) is 67.6 cm³/mol. The lowest BCUT2D eigenvalue weighted by Crippen LogP contribution is -2.47. The van der Waals surface area contributed by atoms with E-state index in [4.69, 9.17) is 10.5 Å². The van der Waals surface area contributed by atoms with E-state index in [-0.39, 0.29) is 18.1 Å². The third-order valence-electron chi connectivity index (χ3n) is 2.90. The zero-order valence-corrected chi connectivity index (χ0v) is 10.9. The second-order valence-electron chi connectivity index (χ2n) is 4.10. The van der Waals surface area contributed by atoms with Crippen LogP contribution in [0, 0.1) is 0 Å². The topological polar surface area (TPSA) is 93.3 Å². The van der Waals surface area contributed by atoms with E-state index in [1.54, 1.807) is 6.20 Å². The van der Waals surface area contributed by atoms with Crippen LogP contribution in [0.4, 0.5) is 11.8 Å². The molecule has 0 amide bonds. The minimum atomic E-state index is -0.387. The van der Waals surface area contributed by atoms with Gasteiger partial charge in [0.25, 0.3) is 0 Å². The molecule has 0 spiro atoms. The average Bonchev–Trinajstić information content (AvgIpc) is 2.35. The van der Waals surface area contributed by atoms with E-state index in [1.807, 2.05) is 0 Å². The van der Waals surface area contributed by atoms with Crippen LogP contribution >= 0.6 is 15.9 Å². The second-order valence-corrected chi connectivity index (χ2v) is 4.95. The van der Waals surface area contributed by atoms with Gasteiger partial charge in [0.2, 0.25) is 5.95 Å². The predicted octanol–water partition coefficient (Wildman–Crippen LogP) is 0.775. The molecule has 0 bridgehead atoms. The number of rotatable bonds is 3. The standard InChI is InChI=1S/C10H15BrN4O2/c11-7-5-13-9(12)14-8(7)15-10(6-16)1-3-17-4-2-10/h5,16H,1-4,6H2,(H3,12,13,14,15). The molecular formula is C10H15BrN4O2. The maximum absolute atomic E-state index is 9.56. The Morgan fingerprint density at radius 2 is 2.24 bits per heavy atom. The molecule has 17 heavy (non-hydrogen) atoms. The van der Waals surface area contributed by atoms with Crippen molar-refractivity contribution in [3.8, 4) is 0 Å². The molecule has 1 aromatic rings. The highest BCUT2D eigenvalue weighted by atomic mass is 79.9. The van der Waals surface area contributed by atoms with Crippen LogP contribution in [0.3, 0.4) is 0 Å². The van der Waals surface area contributed by atoms with Crippen molar-refractivity contribution in [2.75, 3.05) is 30.9 Å². The third-order valence-corrected chi connectivity index (χ3v) is 3.48. The summed E-state index contributed by atoms with van der Waals surface area (Å²) in [7, 11) is 0. The minimum Gasteiger partial charge on any atom is -0.394 e. The summed E-state index contributed by atoms with van der Waals surface area (Å²) in [6.45, 7) is 1.30. The van der Waals surface area contributed by atoms with Gasteiger partial charge >= 0.3 is 0 Å². The number of ether oxygens (including phenoxy) is 1. The van der Waals surface area contributed by atoms with Crippen molar-refractivity contribution < 1.29 is 9.84 Å². The maximum atomic E-state index is 9.56. The number of nitrogens with two attached hydrogens (primary N) is 1. The molecule has 0 aliphatic carbocycles. The number of aliphatic hydroxyl groups is 1. The Kier molecular flexibility index (Phi) is 3.80. The van der Waals surface area contributed by atoms with Crippen LogP contribution in [0.25, 0.3) is 0 Å². The maximum Gasteiger partial charge on any atom is 0.221 e. The summed E-state index contributed by atoms with van der Waals surface area (Å²) in [6, 6.07) is 0. The van der Waals surface area contributed by atoms with Crippen LogP contribution in [0.15, 0.2) is 10.7 Å². The molecule has 2 heterocycles. The van der Waals surface area contributed by atoms with Crippen molar-refractivity contribution >= 4 is 27.7 Å². The van der Waals surface area contributed by atoms with Gasteiger partial charge in [-0.15, -0.1) is 0 Å². The molecule has 4 N–H and O–H groups in total. The first-order chi connectivity index (χ1) is 8.15. The Labute approximate surface area is 108 Å². The SMILES string of the molecule is Nc1ncc(Br)c(NC2(CO)CCOCC2)n1. The molecule has 94 valence electrons. The average molecular weight is 303 g/mol. The second kappa shape index (κ2) is 5.16. The van der Waals surface area contributed by atoms with Crippen molar-refractivity contribution in [1.29, 1.82) is 0 Å². The van der Waals surface area contributed by atoms with Gasteiger partial charge < -0.3 is 20.9 Å². The first-order valence-electron chi connectivity index (χ1n) is 5.40. The molecule has 0 atom stereocenters. The molecule has 1 aromatic heterocycles. The zero-order chi connectivity index (χ0) is 12.3. The van der Waals surface area contributed by atoms with E-state index in [0.717, 1.165) is 17.3 Å². The number of halogens is 1.